The van der Waals surface area contributed by atoms with Crippen LogP contribution in [0.5, 0.6) is 0 Å². The minimum atomic E-state index is -0.805. The van der Waals surface area contributed by atoms with Crippen molar-refractivity contribution in [1.82, 2.24) is 9.80 Å². The van der Waals surface area contributed by atoms with Crippen molar-refractivity contribution in [3.05, 3.63) is 0 Å². The summed E-state index contributed by atoms with van der Waals surface area (Å²) in [5, 5.41) is 0. The second-order valence-electron chi connectivity index (χ2n) is 6.65. The molecular weight excluding hydrogens is 240 g/mol. The van der Waals surface area contributed by atoms with Crippen LogP contribution in [0.3, 0.4) is 0 Å². The molecule has 1 atom stereocenters. The van der Waals surface area contributed by atoms with E-state index in [-0.39, 0.29) is 5.91 Å². The van der Waals surface area contributed by atoms with Gasteiger partial charge < -0.3 is 16.4 Å². The van der Waals surface area contributed by atoms with Gasteiger partial charge in [0, 0.05) is 39.3 Å². The van der Waals surface area contributed by atoms with E-state index in [1.807, 2.05) is 0 Å². The largest absolute Gasteiger partial charge is 0.368 e. The summed E-state index contributed by atoms with van der Waals surface area (Å²) in [6.45, 7) is 10.4. The van der Waals surface area contributed by atoms with Gasteiger partial charge in [-0.15, -0.1) is 0 Å². The average molecular weight is 268 g/mol. The number of hydrogen-bond acceptors (Lipinski definition) is 4. The Hall–Kier alpha value is -0.650. The van der Waals surface area contributed by atoms with Crippen LogP contribution in [0.25, 0.3) is 0 Å². The molecule has 0 radical (unpaired) electrons. The monoisotopic (exact) mass is 268 g/mol. The molecule has 1 aliphatic carbocycles. The number of amides is 1. The lowest BCUT2D eigenvalue weighted by atomic mass is 9.92. The fourth-order valence-corrected chi connectivity index (χ4v) is 3.02. The molecule has 19 heavy (non-hydrogen) atoms. The molecule has 5 nitrogen and oxygen atoms in total. The van der Waals surface area contributed by atoms with E-state index in [2.05, 4.69) is 23.6 Å². The Bertz CT molecular complexity index is 321. The molecule has 2 rings (SSSR count). The van der Waals surface area contributed by atoms with Crippen LogP contribution in [0.2, 0.25) is 0 Å². The van der Waals surface area contributed by atoms with Crippen molar-refractivity contribution < 1.29 is 4.79 Å². The Balaban J connectivity index is 1.83. The van der Waals surface area contributed by atoms with E-state index in [1.165, 1.54) is 0 Å². The van der Waals surface area contributed by atoms with Crippen LogP contribution in [-0.2, 0) is 4.79 Å². The number of nitrogens with two attached hydrogens (primary N) is 2. The fourth-order valence-electron chi connectivity index (χ4n) is 3.02. The number of carbonyl (C=O) groups excluding carboxylic acids is 1. The van der Waals surface area contributed by atoms with E-state index < -0.39 is 5.54 Å². The molecule has 0 aromatic carbocycles. The smallest absolute Gasteiger partial charge is 0.239 e. The lowest BCUT2D eigenvalue weighted by molar-refractivity contribution is -0.124. The molecule has 2 aliphatic rings. The van der Waals surface area contributed by atoms with Gasteiger partial charge in [-0.2, -0.15) is 0 Å². The van der Waals surface area contributed by atoms with Crippen LogP contribution in [0.1, 0.15) is 26.7 Å². The maximum Gasteiger partial charge on any atom is 0.239 e. The SMILES string of the molecule is CC(C)CN1CCN(CC(N)(C(N)=O)C2CC2)CC1. The molecule has 2 fully saturated rings. The Morgan fingerprint density at radius 3 is 2.16 bits per heavy atom. The molecule has 1 saturated heterocycles. The summed E-state index contributed by atoms with van der Waals surface area (Å²) in [4.78, 5) is 16.4. The van der Waals surface area contributed by atoms with Gasteiger partial charge in [0.05, 0.1) is 0 Å². The predicted molar refractivity (Wildman–Crippen MR) is 76.6 cm³/mol. The number of primary amides is 1. The van der Waals surface area contributed by atoms with Crippen molar-refractivity contribution in [2.75, 3.05) is 39.3 Å². The molecule has 5 heteroatoms. The zero-order valence-electron chi connectivity index (χ0n) is 12.3. The highest BCUT2D eigenvalue weighted by Gasteiger charge is 2.47. The molecule has 1 amide bonds. The Kier molecular flexibility index (Phi) is 4.48. The van der Waals surface area contributed by atoms with Crippen molar-refractivity contribution in [2.45, 2.75) is 32.2 Å². The Labute approximate surface area is 116 Å². The zero-order chi connectivity index (χ0) is 14.0. The van der Waals surface area contributed by atoms with Crippen molar-refractivity contribution in [2.24, 2.45) is 23.3 Å². The number of nitrogens with zero attached hydrogens (tertiary/aromatic N) is 2. The maximum atomic E-state index is 11.6. The third-order valence-corrected chi connectivity index (χ3v) is 4.34. The van der Waals surface area contributed by atoms with E-state index in [0.717, 1.165) is 45.6 Å². The molecule has 0 aromatic heterocycles. The Morgan fingerprint density at radius 1 is 1.21 bits per heavy atom. The van der Waals surface area contributed by atoms with Crippen molar-refractivity contribution in [3.8, 4) is 0 Å². The van der Waals surface area contributed by atoms with Gasteiger partial charge in [-0.3, -0.25) is 9.69 Å². The molecule has 0 spiro atoms. The van der Waals surface area contributed by atoms with Gasteiger partial charge in [-0.25, -0.2) is 0 Å². The number of piperazine rings is 1. The minimum absolute atomic E-state index is 0.304. The third-order valence-electron chi connectivity index (χ3n) is 4.34. The van der Waals surface area contributed by atoms with Crippen LogP contribution in [-0.4, -0.2) is 60.5 Å². The first-order chi connectivity index (χ1) is 8.91. The van der Waals surface area contributed by atoms with Gasteiger partial charge in [0.25, 0.3) is 0 Å². The summed E-state index contributed by atoms with van der Waals surface area (Å²) in [5.74, 6) is 0.676. The summed E-state index contributed by atoms with van der Waals surface area (Å²) in [6.07, 6.45) is 2.10. The molecule has 1 heterocycles. The maximum absolute atomic E-state index is 11.6. The average Bonchev–Trinajstić information content (AvgIpc) is 3.15. The first-order valence-corrected chi connectivity index (χ1v) is 7.45. The second kappa shape index (κ2) is 5.77. The summed E-state index contributed by atoms with van der Waals surface area (Å²) in [7, 11) is 0. The van der Waals surface area contributed by atoms with E-state index in [4.69, 9.17) is 11.5 Å². The van der Waals surface area contributed by atoms with Crippen LogP contribution >= 0.6 is 0 Å². The van der Waals surface area contributed by atoms with E-state index in [0.29, 0.717) is 18.4 Å². The van der Waals surface area contributed by atoms with Crippen molar-refractivity contribution >= 4 is 5.91 Å². The van der Waals surface area contributed by atoms with Crippen LogP contribution in [0.4, 0.5) is 0 Å². The van der Waals surface area contributed by atoms with Gasteiger partial charge in [-0.1, -0.05) is 13.8 Å². The lowest BCUT2D eigenvalue weighted by Crippen LogP contribution is -2.62. The normalized spacial score (nSPS) is 25.5. The molecule has 1 unspecified atom stereocenters. The standard InChI is InChI=1S/C14H28N4O/c1-11(2)9-17-5-7-18(8-6-17)10-14(16,13(15)19)12-3-4-12/h11-12H,3-10,16H2,1-2H3,(H2,15,19). The van der Waals surface area contributed by atoms with E-state index in [9.17, 15) is 4.79 Å². The van der Waals surface area contributed by atoms with Crippen molar-refractivity contribution in [1.29, 1.82) is 0 Å². The number of hydrogen-bond donors (Lipinski definition) is 2. The van der Waals surface area contributed by atoms with Gasteiger partial charge in [0.2, 0.25) is 5.91 Å². The minimum Gasteiger partial charge on any atom is -0.368 e. The Morgan fingerprint density at radius 2 is 1.74 bits per heavy atom. The molecule has 110 valence electrons. The number of rotatable bonds is 6. The van der Waals surface area contributed by atoms with Crippen molar-refractivity contribution in [3.63, 3.8) is 0 Å². The molecule has 0 bridgehead atoms. The highest BCUT2D eigenvalue weighted by Crippen LogP contribution is 2.38. The quantitative estimate of drug-likeness (QED) is 0.702. The predicted octanol–water partition coefficient (Wildman–Crippen LogP) is -0.147. The van der Waals surface area contributed by atoms with E-state index >= 15 is 0 Å². The first kappa shape index (κ1) is 14.8. The summed E-state index contributed by atoms with van der Waals surface area (Å²) >= 11 is 0. The molecule has 4 N–H and O–H groups in total. The molecular formula is C14H28N4O. The lowest BCUT2D eigenvalue weighted by Gasteiger charge is -2.39. The van der Waals surface area contributed by atoms with Gasteiger partial charge >= 0.3 is 0 Å². The van der Waals surface area contributed by atoms with Crippen LogP contribution in [0.15, 0.2) is 0 Å². The highest BCUT2D eigenvalue weighted by molar-refractivity contribution is 5.85. The molecule has 0 aromatic rings. The topological polar surface area (TPSA) is 75.6 Å². The van der Waals surface area contributed by atoms with E-state index in [1.54, 1.807) is 0 Å². The van der Waals surface area contributed by atoms with Crippen LogP contribution < -0.4 is 11.5 Å². The summed E-state index contributed by atoms with van der Waals surface area (Å²) in [5.41, 5.74) is 11.0. The molecule has 1 saturated carbocycles. The zero-order valence-corrected chi connectivity index (χ0v) is 12.3. The third kappa shape index (κ3) is 3.68. The highest BCUT2D eigenvalue weighted by atomic mass is 16.1. The molecule has 1 aliphatic heterocycles. The van der Waals surface area contributed by atoms with Gasteiger partial charge in [0.1, 0.15) is 5.54 Å². The van der Waals surface area contributed by atoms with Crippen LogP contribution in [0, 0.1) is 11.8 Å². The summed E-state index contributed by atoms with van der Waals surface area (Å²) in [6, 6.07) is 0. The van der Waals surface area contributed by atoms with Gasteiger partial charge in [0.15, 0.2) is 0 Å². The number of carbonyl (C=O) groups is 1. The fraction of sp³-hybridized carbons (Fsp3) is 0.929. The van der Waals surface area contributed by atoms with Gasteiger partial charge in [-0.05, 0) is 24.7 Å². The second-order valence-corrected chi connectivity index (χ2v) is 6.65. The summed E-state index contributed by atoms with van der Waals surface area (Å²) < 4.78 is 0. The first-order valence-electron chi connectivity index (χ1n) is 7.45.